The molecule has 2 N–H and O–H groups in total. The number of nitrogens with one attached hydrogen (secondary N) is 2. The van der Waals surface area contributed by atoms with Crippen molar-refractivity contribution in [3.8, 4) is 0 Å². The number of methoxy groups -OCH3 is 1. The molecule has 108 valence electrons. The average Bonchev–Trinajstić information content (AvgIpc) is 2.35. The van der Waals surface area contributed by atoms with Crippen LogP contribution in [0.25, 0.3) is 0 Å². The van der Waals surface area contributed by atoms with Crippen LogP contribution in [-0.4, -0.2) is 39.3 Å². The second-order valence-corrected chi connectivity index (χ2v) is 5.67. The summed E-state index contributed by atoms with van der Waals surface area (Å²) in [7, 11) is 1.71. The number of carbonyl (C=O) groups is 1. The van der Waals surface area contributed by atoms with Crippen molar-refractivity contribution in [2.45, 2.75) is 33.1 Å². The summed E-state index contributed by atoms with van der Waals surface area (Å²) in [5.74, 6) is 0.352. The van der Waals surface area contributed by atoms with E-state index in [1.165, 1.54) is 0 Å². The highest BCUT2D eigenvalue weighted by atomic mass is 35.5. The number of rotatable bonds is 6. The topological polar surface area (TPSA) is 50.4 Å². The van der Waals surface area contributed by atoms with Crippen LogP contribution in [0.2, 0.25) is 0 Å². The predicted molar refractivity (Wildman–Crippen MR) is 76.1 cm³/mol. The molecule has 1 unspecified atom stereocenters. The molecule has 4 nitrogen and oxygen atoms in total. The van der Waals surface area contributed by atoms with Gasteiger partial charge < -0.3 is 15.4 Å². The Bertz CT molecular complexity index is 241. The van der Waals surface area contributed by atoms with Gasteiger partial charge in [0.15, 0.2) is 0 Å². The van der Waals surface area contributed by atoms with Gasteiger partial charge in [-0.25, -0.2) is 0 Å². The van der Waals surface area contributed by atoms with Gasteiger partial charge in [0.05, 0.1) is 5.92 Å². The summed E-state index contributed by atoms with van der Waals surface area (Å²) in [6, 6.07) is 0. The van der Waals surface area contributed by atoms with E-state index >= 15 is 0 Å². The van der Waals surface area contributed by atoms with E-state index in [2.05, 4.69) is 24.5 Å². The SMILES string of the molecule is COCCC(C)(C)CNC(=O)C1CCCNC1.Cl. The lowest BCUT2D eigenvalue weighted by Gasteiger charge is -2.27. The molecule has 0 aliphatic carbocycles. The van der Waals surface area contributed by atoms with Crippen LogP contribution in [0.4, 0.5) is 0 Å². The zero-order valence-corrected chi connectivity index (χ0v) is 12.6. The van der Waals surface area contributed by atoms with Crippen LogP contribution in [0.3, 0.4) is 0 Å². The van der Waals surface area contributed by atoms with Gasteiger partial charge in [0, 0.05) is 26.8 Å². The molecule has 18 heavy (non-hydrogen) atoms. The normalized spacial score (nSPS) is 20.1. The van der Waals surface area contributed by atoms with Gasteiger partial charge in [0.25, 0.3) is 0 Å². The van der Waals surface area contributed by atoms with Crippen LogP contribution < -0.4 is 10.6 Å². The molecule has 0 bridgehead atoms. The van der Waals surface area contributed by atoms with Crippen molar-refractivity contribution >= 4 is 18.3 Å². The molecule has 1 atom stereocenters. The molecule has 0 aromatic carbocycles. The summed E-state index contributed by atoms with van der Waals surface area (Å²) in [6.07, 6.45) is 3.08. The number of hydrogen-bond acceptors (Lipinski definition) is 3. The molecular weight excluding hydrogens is 252 g/mol. The zero-order valence-electron chi connectivity index (χ0n) is 11.8. The van der Waals surface area contributed by atoms with Crippen molar-refractivity contribution in [1.29, 1.82) is 0 Å². The van der Waals surface area contributed by atoms with E-state index in [1.807, 2.05) is 0 Å². The second kappa shape index (κ2) is 8.73. The Kier molecular flexibility index (Phi) is 8.57. The van der Waals surface area contributed by atoms with Crippen LogP contribution in [0.5, 0.6) is 0 Å². The van der Waals surface area contributed by atoms with E-state index in [4.69, 9.17) is 4.74 Å². The maximum absolute atomic E-state index is 11.9. The summed E-state index contributed by atoms with van der Waals surface area (Å²) in [4.78, 5) is 11.9. The van der Waals surface area contributed by atoms with Crippen molar-refractivity contribution in [3.63, 3.8) is 0 Å². The molecule has 1 fully saturated rings. The van der Waals surface area contributed by atoms with E-state index in [0.717, 1.165) is 45.5 Å². The molecule has 1 aliphatic heterocycles. The third kappa shape index (κ3) is 6.57. The van der Waals surface area contributed by atoms with Gasteiger partial charge in [-0.2, -0.15) is 0 Å². The number of halogens is 1. The zero-order chi connectivity index (χ0) is 12.7. The van der Waals surface area contributed by atoms with E-state index < -0.39 is 0 Å². The molecule has 1 saturated heterocycles. The minimum absolute atomic E-state index is 0. The van der Waals surface area contributed by atoms with Crippen molar-refractivity contribution in [3.05, 3.63) is 0 Å². The molecule has 1 heterocycles. The first kappa shape index (κ1) is 17.7. The Labute approximate surface area is 117 Å². The fourth-order valence-corrected chi connectivity index (χ4v) is 2.01. The van der Waals surface area contributed by atoms with Crippen molar-refractivity contribution in [2.24, 2.45) is 11.3 Å². The number of piperidine rings is 1. The van der Waals surface area contributed by atoms with Gasteiger partial charge in [-0.15, -0.1) is 12.4 Å². The highest BCUT2D eigenvalue weighted by Crippen LogP contribution is 2.19. The highest BCUT2D eigenvalue weighted by molar-refractivity contribution is 5.85. The molecule has 1 rings (SSSR count). The van der Waals surface area contributed by atoms with Gasteiger partial charge in [-0.1, -0.05) is 13.8 Å². The van der Waals surface area contributed by atoms with E-state index in [9.17, 15) is 4.79 Å². The maximum Gasteiger partial charge on any atom is 0.224 e. The summed E-state index contributed by atoms with van der Waals surface area (Å²) >= 11 is 0. The van der Waals surface area contributed by atoms with Gasteiger partial charge in [-0.3, -0.25) is 4.79 Å². The molecule has 5 heteroatoms. The monoisotopic (exact) mass is 278 g/mol. The Morgan fingerprint density at radius 2 is 2.22 bits per heavy atom. The molecule has 0 aromatic heterocycles. The van der Waals surface area contributed by atoms with E-state index in [0.29, 0.717) is 0 Å². The standard InChI is InChI=1S/C13H26N2O2.ClH/c1-13(2,6-8-17-3)10-15-12(16)11-5-4-7-14-9-11;/h11,14H,4-10H2,1-3H3,(H,15,16);1H. The smallest absolute Gasteiger partial charge is 0.224 e. The maximum atomic E-state index is 11.9. The fourth-order valence-electron chi connectivity index (χ4n) is 2.01. The molecule has 0 spiro atoms. The van der Waals surface area contributed by atoms with Crippen LogP contribution in [0.1, 0.15) is 33.1 Å². The Morgan fingerprint density at radius 1 is 1.50 bits per heavy atom. The number of ether oxygens (including phenoxy) is 1. The minimum atomic E-state index is 0. The third-order valence-electron chi connectivity index (χ3n) is 3.39. The summed E-state index contributed by atoms with van der Waals surface area (Å²) < 4.78 is 5.08. The van der Waals surface area contributed by atoms with E-state index in [1.54, 1.807) is 7.11 Å². The first-order chi connectivity index (χ1) is 8.05. The summed E-state index contributed by atoms with van der Waals surface area (Å²) in [5.41, 5.74) is 0.105. The number of hydrogen-bond donors (Lipinski definition) is 2. The first-order valence-corrected chi connectivity index (χ1v) is 6.52. The fraction of sp³-hybridized carbons (Fsp3) is 0.923. The number of amides is 1. The van der Waals surface area contributed by atoms with Crippen LogP contribution in [0, 0.1) is 11.3 Å². The van der Waals surface area contributed by atoms with Crippen molar-refractivity contribution in [2.75, 3.05) is 33.4 Å². The minimum Gasteiger partial charge on any atom is -0.385 e. The molecular formula is C13H27ClN2O2. The Morgan fingerprint density at radius 3 is 2.78 bits per heavy atom. The lowest BCUT2D eigenvalue weighted by Crippen LogP contribution is -2.43. The van der Waals surface area contributed by atoms with Gasteiger partial charge in [0.2, 0.25) is 5.91 Å². The van der Waals surface area contributed by atoms with Crippen molar-refractivity contribution < 1.29 is 9.53 Å². The first-order valence-electron chi connectivity index (χ1n) is 6.52. The molecule has 0 saturated carbocycles. The third-order valence-corrected chi connectivity index (χ3v) is 3.39. The highest BCUT2D eigenvalue weighted by Gasteiger charge is 2.23. The lowest BCUT2D eigenvalue weighted by molar-refractivity contribution is -0.126. The molecule has 1 aliphatic rings. The van der Waals surface area contributed by atoms with Gasteiger partial charge >= 0.3 is 0 Å². The van der Waals surface area contributed by atoms with E-state index in [-0.39, 0.29) is 29.6 Å². The van der Waals surface area contributed by atoms with Crippen molar-refractivity contribution in [1.82, 2.24) is 10.6 Å². The Hall–Kier alpha value is -0.320. The van der Waals surface area contributed by atoms with Gasteiger partial charge in [-0.05, 0) is 31.2 Å². The second-order valence-electron chi connectivity index (χ2n) is 5.67. The molecule has 0 aromatic rings. The number of carbonyl (C=O) groups excluding carboxylic acids is 1. The predicted octanol–water partition coefficient (Wildman–Crippen LogP) is 1.59. The summed E-state index contributed by atoms with van der Waals surface area (Å²) in [6.45, 7) is 7.66. The van der Waals surface area contributed by atoms with Crippen LogP contribution >= 0.6 is 12.4 Å². The largest absolute Gasteiger partial charge is 0.385 e. The average molecular weight is 279 g/mol. The quantitative estimate of drug-likeness (QED) is 0.776. The Balaban J connectivity index is 0.00000289. The molecule has 0 radical (unpaired) electrons. The van der Waals surface area contributed by atoms with Gasteiger partial charge in [0.1, 0.15) is 0 Å². The van der Waals surface area contributed by atoms with Crippen LogP contribution in [0.15, 0.2) is 0 Å². The van der Waals surface area contributed by atoms with Crippen LogP contribution in [-0.2, 0) is 9.53 Å². The summed E-state index contributed by atoms with van der Waals surface area (Å²) in [5, 5.41) is 6.33. The molecule has 1 amide bonds. The lowest BCUT2D eigenvalue weighted by atomic mass is 9.89.